The average molecular weight is 303 g/mol. The molecule has 5 heteroatoms. The number of aliphatic carboxylic acids is 1. The van der Waals surface area contributed by atoms with Crippen LogP contribution in [0.3, 0.4) is 0 Å². The van der Waals surface area contributed by atoms with Gasteiger partial charge in [-0.2, -0.15) is 0 Å². The summed E-state index contributed by atoms with van der Waals surface area (Å²) in [5.74, 6) is -1.17. The lowest BCUT2D eigenvalue weighted by Crippen LogP contribution is -2.50. The van der Waals surface area contributed by atoms with Gasteiger partial charge in [-0.1, -0.05) is 30.3 Å². The van der Waals surface area contributed by atoms with Crippen LogP contribution >= 0.6 is 11.8 Å². The van der Waals surface area contributed by atoms with Crippen LogP contribution < -0.4 is 5.32 Å². The third-order valence-corrected chi connectivity index (χ3v) is 5.48. The molecule has 0 spiro atoms. The maximum Gasteiger partial charge on any atom is 0.306 e. The maximum atomic E-state index is 12.2. The molecule has 3 atom stereocenters. The summed E-state index contributed by atoms with van der Waals surface area (Å²) in [6, 6.07) is 9.74. The Bertz CT molecular complexity index is 584. The molecule has 0 radical (unpaired) electrons. The molecule has 0 bridgehead atoms. The Morgan fingerprint density at radius 3 is 2.76 bits per heavy atom. The quantitative estimate of drug-likeness (QED) is 0.824. The molecule has 3 rings (SSSR count). The van der Waals surface area contributed by atoms with Gasteiger partial charge in [-0.25, -0.2) is 0 Å². The zero-order valence-corrected chi connectivity index (χ0v) is 12.3. The number of carboxylic acids is 1. The van der Waals surface area contributed by atoms with Crippen LogP contribution in [-0.4, -0.2) is 28.3 Å². The molecule has 2 aliphatic rings. The molecule has 0 aromatic heterocycles. The number of carbonyl (C=O) groups is 2. The smallest absolute Gasteiger partial charge is 0.306 e. The van der Waals surface area contributed by atoms with Crippen molar-refractivity contribution in [2.24, 2.45) is 5.92 Å². The standard InChI is InChI=1S/C16H17NO3S/c18-15-14(8-10-4-2-1-3-5-10)21-13-7-6-11(16(19)20)9-12(13)17-15/h1-5,8,11-13H,6-7,9H2,(H,17,18)(H,19,20)/b14-8+. The van der Waals surface area contributed by atoms with Crippen LogP contribution in [-0.2, 0) is 9.59 Å². The summed E-state index contributed by atoms with van der Waals surface area (Å²) in [6.07, 6.45) is 3.97. The second-order valence-electron chi connectivity index (χ2n) is 5.50. The van der Waals surface area contributed by atoms with Gasteiger partial charge in [-0.15, -0.1) is 11.8 Å². The molecule has 1 aromatic carbocycles. The molecular weight excluding hydrogens is 286 g/mol. The number of thioether (sulfide) groups is 1. The third kappa shape index (κ3) is 3.13. The van der Waals surface area contributed by atoms with E-state index in [1.165, 1.54) is 0 Å². The molecule has 1 aliphatic heterocycles. The van der Waals surface area contributed by atoms with Crippen molar-refractivity contribution >= 4 is 29.7 Å². The van der Waals surface area contributed by atoms with Crippen molar-refractivity contribution in [3.63, 3.8) is 0 Å². The average Bonchev–Trinajstić information content (AvgIpc) is 2.48. The Labute approximate surface area is 127 Å². The number of fused-ring (bicyclic) bond motifs is 1. The molecule has 1 saturated carbocycles. The van der Waals surface area contributed by atoms with Crippen LogP contribution in [0.1, 0.15) is 24.8 Å². The normalized spacial score (nSPS) is 30.6. The van der Waals surface area contributed by atoms with Gasteiger partial charge in [0.1, 0.15) is 0 Å². The van der Waals surface area contributed by atoms with E-state index in [9.17, 15) is 9.59 Å². The molecule has 1 amide bonds. The highest BCUT2D eigenvalue weighted by atomic mass is 32.2. The summed E-state index contributed by atoms with van der Waals surface area (Å²) in [7, 11) is 0. The highest BCUT2D eigenvalue weighted by molar-refractivity contribution is 8.04. The zero-order valence-electron chi connectivity index (χ0n) is 11.5. The van der Waals surface area contributed by atoms with E-state index in [4.69, 9.17) is 5.11 Å². The lowest BCUT2D eigenvalue weighted by molar-refractivity contribution is -0.143. The number of benzene rings is 1. The number of hydrogen-bond acceptors (Lipinski definition) is 3. The molecule has 2 fully saturated rings. The lowest BCUT2D eigenvalue weighted by atomic mass is 9.85. The van der Waals surface area contributed by atoms with E-state index in [1.54, 1.807) is 11.8 Å². The molecule has 21 heavy (non-hydrogen) atoms. The maximum absolute atomic E-state index is 12.2. The van der Waals surface area contributed by atoms with E-state index in [0.717, 1.165) is 16.9 Å². The van der Waals surface area contributed by atoms with Crippen molar-refractivity contribution in [1.82, 2.24) is 5.32 Å². The molecule has 1 aromatic rings. The molecule has 1 aliphatic carbocycles. The van der Waals surface area contributed by atoms with E-state index >= 15 is 0 Å². The van der Waals surface area contributed by atoms with Crippen molar-refractivity contribution < 1.29 is 14.7 Å². The molecule has 4 nitrogen and oxygen atoms in total. The molecule has 2 N–H and O–H groups in total. The number of carboxylic acid groups (broad SMARTS) is 1. The van der Waals surface area contributed by atoms with Gasteiger partial charge in [0.05, 0.1) is 10.8 Å². The molecule has 1 heterocycles. The predicted octanol–water partition coefficient (Wildman–Crippen LogP) is 2.51. The zero-order chi connectivity index (χ0) is 14.8. The SMILES string of the molecule is O=C1NC2CC(C(=O)O)CCC2S/C1=C/c1ccccc1. The van der Waals surface area contributed by atoms with Gasteiger partial charge >= 0.3 is 5.97 Å². The molecule has 1 saturated heterocycles. The Hall–Kier alpha value is -1.75. The van der Waals surface area contributed by atoms with Gasteiger partial charge in [0, 0.05) is 11.3 Å². The minimum atomic E-state index is -0.752. The lowest BCUT2D eigenvalue weighted by Gasteiger charge is -2.38. The van der Waals surface area contributed by atoms with Crippen LogP contribution in [0.15, 0.2) is 35.2 Å². The molecule has 3 unspecified atom stereocenters. The minimum Gasteiger partial charge on any atom is -0.481 e. The van der Waals surface area contributed by atoms with Crippen LogP contribution in [0.2, 0.25) is 0 Å². The number of rotatable bonds is 2. The fourth-order valence-electron chi connectivity index (χ4n) is 2.92. The van der Waals surface area contributed by atoms with Gasteiger partial charge in [0.25, 0.3) is 5.91 Å². The number of hydrogen-bond donors (Lipinski definition) is 2. The first kappa shape index (κ1) is 14.2. The topological polar surface area (TPSA) is 66.4 Å². The van der Waals surface area contributed by atoms with Gasteiger partial charge in [0.2, 0.25) is 0 Å². The van der Waals surface area contributed by atoms with Crippen molar-refractivity contribution in [3.05, 3.63) is 40.8 Å². The van der Waals surface area contributed by atoms with E-state index in [-0.39, 0.29) is 23.1 Å². The highest BCUT2D eigenvalue weighted by Gasteiger charge is 2.39. The number of carbonyl (C=O) groups excluding carboxylic acids is 1. The Kier molecular flexibility index (Phi) is 4.01. The van der Waals surface area contributed by atoms with E-state index in [0.29, 0.717) is 12.8 Å². The summed E-state index contributed by atoms with van der Waals surface area (Å²) in [4.78, 5) is 24.0. The van der Waals surface area contributed by atoms with Gasteiger partial charge in [-0.3, -0.25) is 9.59 Å². The van der Waals surface area contributed by atoms with Crippen LogP contribution in [0.4, 0.5) is 0 Å². The largest absolute Gasteiger partial charge is 0.481 e. The van der Waals surface area contributed by atoms with Gasteiger partial charge in [0.15, 0.2) is 0 Å². The molecular formula is C16H17NO3S. The second kappa shape index (κ2) is 5.93. The third-order valence-electron chi connectivity index (χ3n) is 4.05. The van der Waals surface area contributed by atoms with Crippen molar-refractivity contribution in [1.29, 1.82) is 0 Å². The van der Waals surface area contributed by atoms with Gasteiger partial charge in [-0.05, 0) is 30.9 Å². The van der Waals surface area contributed by atoms with Gasteiger partial charge < -0.3 is 10.4 Å². The van der Waals surface area contributed by atoms with Crippen LogP contribution in [0, 0.1) is 5.92 Å². The summed E-state index contributed by atoms with van der Waals surface area (Å²) in [5, 5.41) is 12.4. The minimum absolute atomic E-state index is 0.0229. The number of amides is 1. The predicted molar refractivity (Wildman–Crippen MR) is 82.7 cm³/mol. The first-order chi connectivity index (χ1) is 10.1. The van der Waals surface area contributed by atoms with Crippen molar-refractivity contribution in [3.8, 4) is 0 Å². The monoisotopic (exact) mass is 303 g/mol. The second-order valence-corrected chi connectivity index (χ2v) is 6.78. The fraction of sp³-hybridized carbons (Fsp3) is 0.375. The first-order valence-corrected chi connectivity index (χ1v) is 7.98. The Balaban J connectivity index is 1.74. The highest BCUT2D eigenvalue weighted by Crippen LogP contribution is 2.39. The Morgan fingerprint density at radius 1 is 1.29 bits per heavy atom. The summed E-state index contributed by atoms with van der Waals surface area (Å²) < 4.78 is 0. The molecule has 110 valence electrons. The van der Waals surface area contributed by atoms with Crippen LogP contribution in [0.5, 0.6) is 0 Å². The fourth-order valence-corrected chi connectivity index (χ4v) is 4.21. The summed E-state index contributed by atoms with van der Waals surface area (Å²) in [6.45, 7) is 0. The first-order valence-electron chi connectivity index (χ1n) is 7.10. The van der Waals surface area contributed by atoms with Crippen molar-refractivity contribution in [2.75, 3.05) is 0 Å². The summed E-state index contributed by atoms with van der Waals surface area (Å²) in [5.41, 5.74) is 1.01. The van der Waals surface area contributed by atoms with Crippen LogP contribution in [0.25, 0.3) is 6.08 Å². The van der Waals surface area contributed by atoms with E-state index in [2.05, 4.69) is 5.32 Å². The Morgan fingerprint density at radius 2 is 2.05 bits per heavy atom. The summed E-state index contributed by atoms with van der Waals surface area (Å²) >= 11 is 1.59. The van der Waals surface area contributed by atoms with E-state index < -0.39 is 5.97 Å². The number of nitrogens with one attached hydrogen (secondary N) is 1. The van der Waals surface area contributed by atoms with Crippen molar-refractivity contribution in [2.45, 2.75) is 30.6 Å². The van der Waals surface area contributed by atoms with E-state index in [1.807, 2.05) is 36.4 Å².